The summed E-state index contributed by atoms with van der Waals surface area (Å²) in [6.07, 6.45) is 0.776. The van der Waals surface area contributed by atoms with E-state index in [0.717, 1.165) is 5.56 Å². The summed E-state index contributed by atoms with van der Waals surface area (Å²) in [5.74, 6) is -1.06. The van der Waals surface area contributed by atoms with E-state index < -0.39 is 23.7 Å². The third-order valence-electron chi connectivity index (χ3n) is 3.74. The molecular weight excluding hydrogens is 282 g/mol. The Labute approximate surface area is 130 Å². The predicted octanol–water partition coefficient (Wildman–Crippen LogP) is 2.94. The second-order valence-electron chi connectivity index (χ2n) is 6.70. The van der Waals surface area contributed by atoms with Crippen molar-refractivity contribution in [2.75, 3.05) is 6.54 Å². The van der Waals surface area contributed by atoms with Crippen molar-refractivity contribution in [2.45, 2.75) is 45.3 Å². The van der Waals surface area contributed by atoms with Crippen molar-refractivity contribution in [2.24, 2.45) is 5.92 Å². The highest BCUT2D eigenvalue weighted by Gasteiger charge is 2.43. The first-order chi connectivity index (χ1) is 10.3. The quantitative estimate of drug-likeness (QED) is 0.932. The van der Waals surface area contributed by atoms with Gasteiger partial charge in [-0.3, -0.25) is 4.90 Å². The van der Waals surface area contributed by atoms with Crippen LogP contribution in [0.15, 0.2) is 30.3 Å². The molecule has 2 rings (SSSR count). The molecule has 0 saturated carbocycles. The molecular formula is C17H23NO4. The SMILES string of the molecule is CC(C)(C)OC(=O)N1CC[C@H](Cc2ccccc2)[C@H]1C(=O)O. The number of nitrogens with zero attached hydrogens (tertiary/aromatic N) is 1. The average Bonchev–Trinajstić information content (AvgIpc) is 2.82. The number of hydrogen-bond donors (Lipinski definition) is 1. The third kappa shape index (κ3) is 4.00. The van der Waals surface area contributed by atoms with Crippen molar-refractivity contribution in [1.29, 1.82) is 0 Å². The topological polar surface area (TPSA) is 66.8 Å². The molecule has 0 unspecified atom stereocenters. The molecule has 0 aliphatic carbocycles. The van der Waals surface area contributed by atoms with Gasteiger partial charge < -0.3 is 9.84 Å². The molecule has 120 valence electrons. The Morgan fingerprint density at radius 3 is 2.45 bits per heavy atom. The summed E-state index contributed by atoms with van der Waals surface area (Å²) in [6, 6.07) is 8.94. The van der Waals surface area contributed by atoms with Gasteiger partial charge in [0.25, 0.3) is 0 Å². The highest BCUT2D eigenvalue weighted by atomic mass is 16.6. The van der Waals surface area contributed by atoms with E-state index in [1.807, 2.05) is 30.3 Å². The molecule has 22 heavy (non-hydrogen) atoms. The molecule has 5 heteroatoms. The van der Waals surface area contributed by atoms with Gasteiger partial charge in [0.2, 0.25) is 0 Å². The molecule has 0 radical (unpaired) electrons. The van der Waals surface area contributed by atoms with Crippen LogP contribution in [-0.2, 0) is 16.0 Å². The van der Waals surface area contributed by atoms with Crippen LogP contribution in [0.5, 0.6) is 0 Å². The Hall–Kier alpha value is -2.04. The number of likely N-dealkylation sites (tertiary alicyclic amines) is 1. The van der Waals surface area contributed by atoms with Crippen LogP contribution in [0.1, 0.15) is 32.8 Å². The molecule has 5 nitrogen and oxygen atoms in total. The molecule has 0 aromatic heterocycles. The average molecular weight is 305 g/mol. The maximum Gasteiger partial charge on any atom is 0.411 e. The Balaban J connectivity index is 2.11. The second-order valence-corrected chi connectivity index (χ2v) is 6.70. The summed E-state index contributed by atoms with van der Waals surface area (Å²) in [5, 5.41) is 9.53. The van der Waals surface area contributed by atoms with Gasteiger partial charge in [-0.05, 0) is 45.1 Å². The summed E-state index contributed by atoms with van der Waals surface area (Å²) in [4.78, 5) is 25.2. The van der Waals surface area contributed by atoms with Crippen LogP contribution in [0.3, 0.4) is 0 Å². The van der Waals surface area contributed by atoms with E-state index in [9.17, 15) is 14.7 Å². The normalized spacial score (nSPS) is 21.7. The van der Waals surface area contributed by atoms with Gasteiger partial charge in [0, 0.05) is 6.54 Å². The van der Waals surface area contributed by atoms with Crippen molar-refractivity contribution in [1.82, 2.24) is 4.90 Å². The fourth-order valence-electron chi connectivity index (χ4n) is 2.85. The number of ether oxygens (including phenoxy) is 1. The molecule has 1 aliphatic rings. The van der Waals surface area contributed by atoms with Crippen LogP contribution in [0.4, 0.5) is 4.79 Å². The lowest BCUT2D eigenvalue weighted by molar-refractivity contribution is -0.143. The molecule has 0 bridgehead atoms. The van der Waals surface area contributed by atoms with Crippen molar-refractivity contribution >= 4 is 12.1 Å². The number of rotatable bonds is 3. The summed E-state index contributed by atoms with van der Waals surface area (Å²) >= 11 is 0. The zero-order chi connectivity index (χ0) is 16.3. The van der Waals surface area contributed by atoms with Crippen LogP contribution in [0.2, 0.25) is 0 Å². The zero-order valence-electron chi connectivity index (χ0n) is 13.3. The Kier molecular flexibility index (Phi) is 4.74. The molecule has 1 amide bonds. The van der Waals surface area contributed by atoms with E-state index in [4.69, 9.17) is 4.74 Å². The lowest BCUT2D eigenvalue weighted by Crippen LogP contribution is -2.45. The minimum absolute atomic E-state index is 0.0904. The van der Waals surface area contributed by atoms with E-state index >= 15 is 0 Å². The van der Waals surface area contributed by atoms with E-state index in [1.165, 1.54) is 4.90 Å². The zero-order valence-corrected chi connectivity index (χ0v) is 13.3. The van der Waals surface area contributed by atoms with Gasteiger partial charge in [-0.25, -0.2) is 9.59 Å². The largest absolute Gasteiger partial charge is 0.480 e. The summed E-state index contributed by atoms with van der Waals surface area (Å²) in [5.41, 5.74) is 0.460. The van der Waals surface area contributed by atoms with Gasteiger partial charge in [0.1, 0.15) is 11.6 Å². The number of amides is 1. The van der Waals surface area contributed by atoms with E-state index in [2.05, 4.69) is 0 Å². The summed E-state index contributed by atoms with van der Waals surface area (Å²) in [7, 11) is 0. The molecule has 1 heterocycles. The second kappa shape index (κ2) is 6.38. The van der Waals surface area contributed by atoms with Crippen molar-refractivity contribution in [3.8, 4) is 0 Å². The molecule has 1 aromatic rings. The smallest absolute Gasteiger partial charge is 0.411 e. The lowest BCUT2D eigenvalue weighted by atomic mass is 9.92. The Morgan fingerprint density at radius 1 is 1.27 bits per heavy atom. The minimum Gasteiger partial charge on any atom is -0.480 e. The van der Waals surface area contributed by atoms with E-state index in [1.54, 1.807) is 20.8 Å². The van der Waals surface area contributed by atoms with E-state index in [-0.39, 0.29) is 5.92 Å². The van der Waals surface area contributed by atoms with Crippen LogP contribution >= 0.6 is 0 Å². The van der Waals surface area contributed by atoms with Gasteiger partial charge >= 0.3 is 12.1 Å². The number of carboxylic acids is 1. The van der Waals surface area contributed by atoms with Crippen molar-refractivity contribution in [3.05, 3.63) is 35.9 Å². The number of hydrogen-bond acceptors (Lipinski definition) is 3. The van der Waals surface area contributed by atoms with Crippen LogP contribution < -0.4 is 0 Å². The number of carbonyl (C=O) groups excluding carboxylic acids is 1. The molecule has 1 saturated heterocycles. The standard InChI is InChI=1S/C17H23NO4/c1-17(2,3)22-16(21)18-10-9-13(14(18)15(19)20)11-12-7-5-4-6-8-12/h4-8,13-14H,9-11H2,1-3H3,(H,19,20)/t13-,14+/m1/s1. The molecule has 2 atom stereocenters. The molecule has 1 aliphatic heterocycles. The molecule has 1 aromatic carbocycles. The first-order valence-corrected chi connectivity index (χ1v) is 7.54. The molecule has 0 spiro atoms. The van der Waals surface area contributed by atoms with Crippen molar-refractivity contribution < 1.29 is 19.4 Å². The Bertz CT molecular complexity index is 535. The van der Waals surface area contributed by atoms with Crippen LogP contribution in [-0.4, -0.2) is 40.3 Å². The van der Waals surface area contributed by atoms with Gasteiger partial charge in [0.15, 0.2) is 0 Å². The number of carbonyl (C=O) groups is 2. The van der Waals surface area contributed by atoms with Gasteiger partial charge in [0.05, 0.1) is 0 Å². The number of aliphatic carboxylic acids is 1. The maximum atomic E-state index is 12.2. The monoisotopic (exact) mass is 305 g/mol. The van der Waals surface area contributed by atoms with E-state index in [0.29, 0.717) is 19.4 Å². The van der Waals surface area contributed by atoms with Gasteiger partial charge in [-0.1, -0.05) is 30.3 Å². The lowest BCUT2D eigenvalue weighted by Gasteiger charge is -2.28. The first-order valence-electron chi connectivity index (χ1n) is 7.54. The Morgan fingerprint density at radius 2 is 1.91 bits per heavy atom. The van der Waals surface area contributed by atoms with Gasteiger partial charge in [-0.2, -0.15) is 0 Å². The highest BCUT2D eigenvalue weighted by Crippen LogP contribution is 2.29. The summed E-state index contributed by atoms with van der Waals surface area (Å²) < 4.78 is 5.32. The predicted molar refractivity (Wildman–Crippen MR) is 82.6 cm³/mol. The van der Waals surface area contributed by atoms with Crippen LogP contribution in [0.25, 0.3) is 0 Å². The molecule has 1 N–H and O–H groups in total. The number of carboxylic acid groups (broad SMARTS) is 1. The maximum absolute atomic E-state index is 12.2. The molecule has 1 fully saturated rings. The fraction of sp³-hybridized carbons (Fsp3) is 0.529. The number of benzene rings is 1. The van der Waals surface area contributed by atoms with Gasteiger partial charge in [-0.15, -0.1) is 0 Å². The summed E-state index contributed by atoms with van der Waals surface area (Å²) in [6.45, 7) is 5.75. The third-order valence-corrected chi connectivity index (χ3v) is 3.74. The fourth-order valence-corrected chi connectivity index (χ4v) is 2.85. The van der Waals surface area contributed by atoms with Crippen molar-refractivity contribution in [3.63, 3.8) is 0 Å². The first kappa shape index (κ1) is 16.3. The highest BCUT2D eigenvalue weighted by molar-refractivity contribution is 5.81. The minimum atomic E-state index is -0.968. The van der Waals surface area contributed by atoms with Crippen LogP contribution in [0, 0.1) is 5.92 Å².